The number of thiophene rings is 1. The van der Waals surface area contributed by atoms with Crippen molar-refractivity contribution in [3.8, 4) is 16.5 Å². The van der Waals surface area contributed by atoms with Crippen molar-refractivity contribution in [1.29, 1.82) is 5.26 Å². The minimum atomic E-state index is 0.580. The molecule has 0 aliphatic heterocycles. The van der Waals surface area contributed by atoms with Gasteiger partial charge < -0.3 is 5.73 Å². The van der Waals surface area contributed by atoms with Crippen molar-refractivity contribution in [3.05, 3.63) is 37.2 Å². The fourth-order valence-electron chi connectivity index (χ4n) is 1.78. The van der Waals surface area contributed by atoms with Crippen molar-refractivity contribution in [2.75, 3.05) is 5.73 Å². The smallest absolute Gasteiger partial charge is 0.128 e. The van der Waals surface area contributed by atoms with Crippen LogP contribution in [0.3, 0.4) is 0 Å². The van der Waals surface area contributed by atoms with E-state index in [0.29, 0.717) is 10.6 Å². The summed E-state index contributed by atoms with van der Waals surface area (Å²) in [7, 11) is 0. The molecule has 0 unspecified atom stereocenters. The number of nitrogens with zero attached hydrogens (tertiary/aromatic N) is 1. The third-order valence-electron chi connectivity index (χ3n) is 2.68. The third-order valence-corrected chi connectivity index (χ3v) is 5.46. The first-order valence-electron chi connectivity index (χ1n) is 5.35. The van der Waals surface area contributed by atoms with Crippen LogP contribution in [0, 0.1) is 14.9 Å². The molecule has 1 heterocycles. The van der Waals surface area contributed by atoms with Gasteiger partial charge in [-0.15, -0.1) is 11.3 Å². The van der Waals surface area contributed by atoms with E-state index in [1.165, 1.54) is 11.3 Å². The molecule has 18 heavy (non-hydrogen) atoms. The highest BCUT2D eigenvalue weighted by Gasteiger charge is 2.16. The average Bonchev–Trinajstić information content (AvgIpc) is 2.69. The number of benzene rings is 1. The summed E-state index contributed by atoms with van der Waals surface area (Å²) in [6.45, 7) is 2.04. The zero-order valence-electron chi connectivity index (χ0n) is 9.63. The molecule has 2 aromatic rings. The standard InChI is InChI=1S/C13H10ClIN2S/c1-2-8-12(17)11(6-16)18-13(8)7-3-4-10(15)9(14)5-7/h3-5H,2,17H2,1H3. The molecule has 1 aromatic carbocycles. The fourth-order valence-corrected chi connectivity index (χ4v) is 3.40. The van der Waals surface area contributed by atoms with Gasteiger partial charge in [0.1, 0.15) is 10.9 Å². The second kappa shape index (κ2) is 5.47. The van der Waals surface area contributed by atoms with E-state index in [0.717, 1.165) is 31.0 Å². The highest BCUT2D eigenvalue weighted by Crippen LogP contribution is 2.39. The maximum absolute atomic E-state index is 9.05. The molecule has 0 bridgehead atoms. The quantitative estimate of drug-likeness (QED) is 0.759. The molecule has 0 radical (unpaired) electrons. The molecule has 0 spiro atoms. The van der Waals surface area contributed by atoms with Gasteiger partial charge in [0.15, 0.2) is 0 Å². The van der Waals surface area contributed by atoms with Crippen LogP contribution in [0.1, 0.15) is 17.4 Å². The number of hydrogen-bond acceptors (Lipinski definition) is 3. The monoisotopic (exact) mass is 388 g/mol. The van der Waals surface area contributed by atoms with Gasteiger partial charge in [0.05, 0.1) is 10.7 Å². The van der Waals surface area contributed by atoms with Crippen molar-refractivity contribution in [3.63, 3.8) is 0 Å². The van der Waals surface area contributed by atoms with Crippen molar-refractivity contribution in [2.45, 2.75) is 13.3 Å². The largest absolute Gasteiger partial charge is 0.397 e. The van der Waals surface area contributed by atoms with Crippen LogP contribution in [0.25, 0.3) is 10.4 Å². The molecule has 0 aliphatic rings. The van der Waals surface area contributed by atoms with Crippen molar-refractivity contribution in [2.24, 2.45) is 0 Å². The van der Waals surface area contributed by atoms with Crippen LogP contribution in [-0.2, 0) is 6.42 Å². The van der Waals surface area contributed by atoms with Crippen LogP contribution in [-0.4, -0.2) is 0 Å². The van der Waals surface area contributed by atoms with E-state index < -0.39 is 0 Å². The lowest BCUT2D eigenvalue weighted by Gasteiger charge is -2.04. The van der Waals surface area contributed by atoms with E-state index in [2.05, 4.69) is 28.7 Å². The Morgan fingerprint density at radius 2 is 2.22 bits per heavy atom. The zero-order chi connectivity index (χ0) is 13.3. The molecule has 0 atom stereocenters. The fraction of sp³-hybridized carbons (Fsp3) is 0.154. The predicted molar refractivity (Wildman–Crippen MR) is 86.0 cm³/mol. The summed E-state index contributed by atoms with van der Waals surface area (Å²) < 4.78 is 1.01. The zero-order valence-corrected chi connectivity index (χ0v) is 13.4. The molecule has 0 fully saturated rings. The Kier molecular flexibility index (Phi) is 4.15. The van der Waals surface area contributed by atoms with Gasteiger partial charge in [0.25, 0.3) is 0 Å². The summed E-state index contributed by atoms with van der Waals surface area (Å²) in [6.07, 6.45) is 0.808. The van der Waals surface area contributed by atoms with E-state index >= 15 is 0 Å². The molecule has 0 saturated heterocycles. The first-order chi connectivity index (χ1) is 8.58. The van der Waals surface area contributed by atoms with E-state index in [-0.39, 0.29) is 0 Å². The van der Waals surface area contributed by atoms with E-state index in [1.54, 1.807) is 0 Å². The number of anilines is 1. The Bertz CT molecular complexity index is 643. The number of nitriles is 1. The SMILES string of the molecule is CCc1c(-c2ccc(I)c(Cl)c2)sc(C#N)c1N. The Hall–Kier alpha value is -0.770. The molecular weight excluding hydrogens is 379 g/mol. The average molecular weight is 389 g/mol. The van der Waals surface area contributed by atoms with Crippen LogP contribution in [0.15, 0.2) is 18.2 Å². The third kappa shape index (κ3) is 2.35. The minimum Gasteiger partial charge on any atom is -0.397 e. The summed E-state index contributed by atoms with van der Waals surface area (Å²) in [5.41, 5.74) is 8.65. The van der Waals surface area contributed by atoms with Crippen LogP contribution in [0.5, 0.6) is 0 Å². The summed E-state index contributed by atoms with van der Waals surface area (Å²) in [4.78, 5) is 1.63. The van der Waals surface area contributed by atoms with Crippen molar-refractivity contribution in [1.82, 2.24) is 0 Å². The van der Waals surface area contributed by atoms with Gasteiger partial charge in [-0.1, -0.05) is 24.6 Å². The van der Waals surface area contributed by atoms with Crippen molar-refractivity contribution < 1.29 is 0 Å². The molecular formula is C13H10ClIN2S. The molecule has 2 N–H and O–H groups in total. The lowest BCUT2D eigenvalue weighted by Crippen LogP contribution is -1.91. The normalized spacial score (nSPS) is 10.3. The number of hydrogen-bond donors (Lipinski definition) is 1. The number of halogens is 2. The molecule has 2 rings (SSSR count). The first kappa shape index (κ1) is 13.7. The first-order valence-corrected chi connectivity index (χ1v) is 7.62. The van der Waals surface area contributed by atoms with Crippen LogP contribution in [0.2, 0.25) is 5.02 Å². The maximum Gasteiger partial charge on any atom is 0.128 e. The summed E-state index contributed by atoms with van der Waals surface area (Å²) in [5.74, 6) is 0. The number of nitrogen functional groups attached to an aromatic ring is 1. The van der Waals surface area contributed by atoms with E-state index in [1.807, 2.05) is 25.1 Å². The van der Waals surface area contributed by atoms with Gasteiger partial charge >= 0.3 is 0 Å². The molecule has 0 amide bonds. The highest BCUT2D eigenvalue weighted by atomic mass is 127. The summed E-state index contributed by atoms with van der Waals surface area (Å²) in [6, 6.07) is 8.06. The number of nitrogens with two attached hydrogens (primary N) is 1. The van der Waals surface area contributed by atoms with Gasteiger partial charge in [-0.2, -0.15) is 5.26 Å². The second-order valence-corrected chi connectivity index (χ2v) is 6.34. The van der Waals surface area contributed by atoms with Gasteiger partial charge in [-0.3, -0.25) is 0 Å². The lowest BCUT2D eigenvalue weighted by molar-refractivity contribution is 1.16. The minimum absolute atomic E-state index is 0.580. The van der Waals surface area contributed by atoms with Crippen molar-refractivity contribution >= 4 is 51.2 Å². The molecule has 0 saturated carbocycles. The van der Waals surface area contributed by atoms with E-state index in [9.17, 15) is 0 Å². The maximum atomic E-state index is 9.05. The topological polar surface area (TPSA) is 49.8 Å². The Labute approximate surface area is 129 Å². The predicted octanol–water partition coefficient (Wildman–Crippen LogP) is 4.69. The molecule has 1 aromatic heterocycles. The Morgan fingerprint density at radius 1 is 1.50 bits per heavy atom. The summed E-state index contributed by atoms with van der Waals surface area (Å²) >= 11 is 9.76. The van der Waals surface area contributed by atoms with E-state index in [4.69, 9.17) is 22.6 Å². The van der Waals surface area contributed by atoms with Gasteiger partial charge in [-0.25, -0.2) is 0 Å². The Morgan fingerprint density at radius 3 is 2.78 bits per heavy atom. The highest BCUT2D eigenvalue weighted by molar-refractivity contribution is 14.1. The molecule has 2 nitrogen and oxygen atoms in total. The molecule has 92 valence electrons. The molecule has 5 heteroatoms. The number of rotatable bonds is 2. The van der Waals surface area contributed by atoms with Gasteiger partial charge in [-0.05, 0) is 52.3 Å². The summed E-state index contributed by atoms with van der Waals surface area (Å²) in [5, 5.41) is 9.77. The Balaban J connectivity index is 2.63. The van der Waals surface area contributed by atoms with Gasteiger partial charge in [0, 0.05) is 8.45 Å². The second-order valence-electron chi connectivity index (χ2n) is 3.75. The van der Waals surface area contributed by atoms with Gasteiger partial charge in [0.2, 0.25) is 0 Å². The van der Waals surface area contributed by atoms with Crippen LogP contribution < -0.4 is 5.73 Å². The van der Waals surface area contributed by atoms with Crippen LogP contribution >= 0.6 is 45.5 Å². The van der Waals surface area contributed by atoms with Crippen LogP contribution in [0.4, 0.5) is 5.69 Å². The molecule has 0 aliphatic carbocycles. The lowest BCUT2D eigenvalue weighted by atomic mass is 10.1.